The second kappa shape index (κ2) is 19.8. The summed E-state index contributed by atoms with van der Waals surface area (Å²) in [4.78, 5) is 41.5. The first-order chi connectivity index (χ1) is 22.9. The van der Waals surface area contributed by atoms with Crippen LogP contribution < -0.4 is 10.6 Å². The number of benzene rings is 1. The fourth-order valence-electron chi connectivity index (χ4n) is 5.59. The molecule has 3 N–H and O–H groups in total. The van der Waals surface area contributed by atoms with Gasteiger partial charge in [0.15, 0.2) is 11.5 Å². The second-order valence-corrected chi connectivity index (χ2v) is 14.4. The number of ether oxygens (including phenoxy) is 1. The Morgan fingerprint density at radius 3 is 1.98 bits per heavy atom. The average molecular weight is 706 g/mol. The lowest BCUT2D eigenvalue weighted by atomic mass is 9.92. The topological polar surface area (TPSA) is 130 Å². The number of carbonyl (C=O) groups is 3. The molecule has 0 saturated carbocycles. The molecule has 3 aromatic rings. The summed E-state index contributed by atoms with van der Waals surface area (Å²) in [5.41, 5.74) is 2.01. The van der Waals surface area contributed by atoms with Gasteiger partial charge >= 0.3 is 5.97 Å². The number of unbranched alkanes of at least 4 members (excludes halogenated alkanes) is 13. The van der Waals surface area contributed by atoms with Crippen LogP contribution in [0.25, 0.3) is 17.0 Å². The molecule has 0 fully saturated rings. The third-order valence-electron chi connectivity index (χ3n) is 8.22. The van der Waals surface area contributed by atoms with E-state index < -0.39 is 5.97 Å². The lowest BCUT2D eigenvalue weighted by Crippen LogP contribution is -2.15. The van der Waals surface area contributed by atoms with E-state index in [2.05, 4.69) is 32.7 Å². The van der Waals surface area contributed by atoms with Gasteiger partial charge in [-0.15, -0.1) is 5.10 Å². The molecule has 0 atom stereocenters. The fraction of sp³-hybridized carbons (Fsp3) is 0.639. The van der Waals surface area contributed by atoms with Gasteiger partial charge in [0.2, 0.25) is 11.8 Å². The van der Waals surface area contributed by atoms with E-state index in [0.29, 0.717) is 34.2 Å². The number of aromatic amines is 1. The van der Waals surface area contributed by atoms with Crippen molar-refractivity contribution in [3.8, 4) is 11.4 Å². The van der Waals surface area contributed by atoms with Gasteiger partial charge in [0.25, 0.3) is 0 Å². The number of amides is 2. The van der Waals surface area contributed by atoms with Crippen LogP contribution in [0.4, 0.5) is 11.4 Å². The van der Waals surface area contributed by atoms with Crippen molar-refractivity contribution >= 4 is 58.0 Å². The summed E-state index contributed by atoms with van der Waals surface area (Å²) in [6, 6.07) is 3.12. The quantitative estimate of drug-likeness (QED) is 0.0747. The molecule has 0 bridgehead atoms. The Hall–Kier alpha value is -3.11. The number of esters is 1. The molecule has 48 heavy (non-hydrogen) atoms. The molecule has 0 saturated heterocycles. The Balaban J connectivity index is 1.39. The van der Waals surface area contributed by atoms with Crippen LogP contribution in [-0.2, 0) is 24.5 Å². The van der Waals surface area contributed by atoms with Crippen molar-refractivity contribution < 1.29 is 19.1 Å². The first-order valence-electron chi connectivity index (χ1n) is 17.6. The third-order valence-corrected chi connectivity index (χ3v) is 8.87. The maximum atomic E-state index is 12.7. The maximum Gasteiger partial charge on any atom is 0.306 e. The van der Waals surface area contributed by atoms with E-state index in [1.54, 1.807) is 12.1 Å². The second-order valence-electron chi connectivity index (χ2n) is 13.6. The van der Waals surface area contributed by atoms with Crippen LogP contribution in [0.2, 0.25) is 10.0 Å². The zero-order valence-electron chi connectivity index (χ0n) is 29.4. The molecule has 10 nitrogen and oxygen atoms in total. The van der Waals surface area contributed by atoms with Crippen molar-refractivity contribution in [2.24, 2.45) is 0 Å². The van der Waals surface area contributed by atoms with Crippen LogP contribution in [0, 0.1) is 0 Å². The molecular weight excluding hydrogens is 651 g/mol. The van der Waals surface area contributed by atoms with E-state index in [1.165, 1.54) is 82.2 Å². The van der Waals surface area contributed by atoms with Gasteiger partial charge in [0.1, 0.15) is 5.02 Å². The van der Waals surface area contributed by atoms with Gasteiger partial charge in [-0.1, -0.05) is 134 Å². The zero-order chi connectivity index (χ0) is 35.1. The predicted molar refractivity (Wildman–Crippen MR) is 195 cm³/mol. The van der Waals surface area contributed by atoms with Gasteiger partial charge in [-0.05, 0) is 18.6 Å². The molecule has 266 valence electrons. The Morgan fingerprint density at radius 1 is 0.854 bits per heavy atom. The highest BCUT2D eigenvalue weighted by Crippen LogP contribution is 2.38. The van der Waals surface area contributed by atoms with E-state index in [0.717, 1.165) is 25.0 Å². The predicted octanol–water partition coefficient (Wildman–Crippen LogP) is 10.0. The van der Waals surface area contributed by atoms with Crippen molar-refractivity contribution in [3.05, 3.63) is 27.9 Å². The number of H-pyrrole nitrogens is 1. The Labute approximate surface area is 295 Å². The number of fused-ring (bicyclic) bond motifs is 1. The summed E-state index contributed by atoms with van der Waals surface area (Å²) in [6.07, 6.45) is 17.6. The summed E-state index contributed by atoms with van der Waals surface area (Å²) in [7, 11) is 0. The molecule has 12 heteroatoms. The number of hydrogen-bond acceptors (Lipinski definition) is 6. The minimum Gasteiger partial charge on any atom is -0.466 e. The lowest BCUT2D eigenvalue weighted by Gasteiger charge is -2.16. The van der Waals surface area contributed by atoms with Crippen molar-refractivity contribution in [1.82, 2.24) is 19.8 Å². The molecule has 0 radical (unpaired) electrons. The van der Waals surface area contributed by atoms with Crippen LogP contribution in [0.15, 0.2) is 12.1 Å². The summed E-state index contributed by atoms with van der Waals surface area (Å²) in [5.74, 6) is -0.870. The highest BCUT2D eigenvalue weighted by molar-refractivity contribution is 6.35. The van der Waals surface area contributed by atoms with E-state index in [9.17, 15) is 14.4 Å². The van der Waals surface area contributed by atoms with Crippen molar-refractivity contribution in [3.63, 3.8) is 0 Å². The highest BCUT2D eigenvalue weighted by atomic mass is 35.5. The SMILES string of the molecule is CCCCCCCCCCCCCCCCOC(=O)CCC(=O)Nc1cc(Cl)c(-c2nc3c(Cl)c(C(C)(C)C)[nH]n3n2)c(NC(C)=O)c1. The number of rotatable bonds is 21. The van der Waals surface area contributed by atoms with Crippen molar-refractivity contribution in [1.29, 1.82) is 0 Å². The molecule has 0 unspecified atom stereocenters. The number of anilines is 2. The largest absolute Gasteiger partial charge is 0.466 e. The third kappa shape index (κ3) is 12.7. The van der Waals surface area contributed by atoms with E-state index in [-0.39, 0.29) is 40.9 Å². The number of aromatic nitrogens is 4. The highest BCUT2D eigenvalue weighted by Gasteiger charge is 2.26. The van der Waals surface area contributed by atoms with Gasteiger partial charge in [0, 0.05) is 24.4 Å². The summed E-state index contributed by atoms with van der Waals surface area (Å²) in [6.45, 7) is 10.1. The number of nitrogens with one attached hydrogen (secondary N) is 3. The fourth-order valence-corrected chi connectivity index (χ4v) is 6.34. The standard InChI is InChI=1S/C36H54Cl2N6O4/c1-6-7-8-9-10-11-12-13-14-15-16-17-18-19-22-48-30(47)21-20-29(46)40-26-23-27(37)31(28(24-26)39-25(2)45)34-41-35-32(38)33(36(3,4)5)42-44(35)43-34/h23-24,42H,6-22H2,1-5H3,(H,39,45)(H,40,46). The van der Waals surface area contributed by atoms with Crippen LogP contribution in [0.1, 0.15) is 143 Å². The maximum absolute atomic E-state index is 12.7. The van der Waals surface area contributed by atoms with E-state index in [4.69, 9.17) is 27.9 Å². The van der Waals surface area contributed by atoms with Crippen molar-refractivity contribution in [2.75, 3.05) is 17.2 Å². The van der Waals surface area contributed by atoms with Crippen LogP contribution in [0.3, 0.4) is 0 Å². The molecular formula is C36H54Cl2N6O4. The smallest absolute Gasteiger partial charge is 0.306 e. The van der Waals surface area contributed by atoms with Crippen LogP contribution in [-0.4, -0.2) is 44.2 Å². The summed E-state index contributed by atoms with van der Waals surface area (Å²) >= 11 is 13.2. The number of nitrogens with zero attached hydrogens (tertiary/aromatic N) is 3. The first kappa shape index (κ1) is 39.3. The molecule has 1 aromatic carbocycles. The Kier molecular flexibility index (Phi) is 16.2. The Morgan fingerprint density at radius 2 is 1.44 bits per heavy atom. The number of halogens is 2. The van der Waals surface area contributed by atoms with E-state index in [1.807, 2.05) is 20.8 Å². The monoisotopic (exact) mass is 704 g/mol. The molecule has 2 aromatic heterocycles. The van der Waals surface area contributed by atoms with Gasteiger partial charge in [0.05, 0.1) is 35.0 Å². The molecule has 0 aliphatic carbocycles. The van der Waals surface area contributed by atoms with Gasteiger partial charge in [-0.2, -0.15) is 4.63 Å². The molecule has 3 rings (SSSR count). The van der Waals surface area contributed by atoms with Crippen LogP contribution >= 0.6 is 23.2 Å². The van der Waals surface area contributed by atoms with Crippen LogP contribution in [0.5, 0.6) is 0 Å². The normalized spacial score (nSPS) is 11.6. The average Bonchev–Trinajstić information content (AvgIpc) is 3.56. The Bertz CT molecular complexity index is 1490. The van der Waals surface area contributed by atoms with Crippen molar-refractivity contribution in [2.45, 2.75) is 143 Å². The lowest BCUT2D eigenvalue weighted by molar-refractivity contribution is -0.144. The van der Waals surface area contributed by atoms with Gasteiger partial charge < -0.3 is 15.4 Å². The summed E-state index contributed by atoms with van der Waals surface area (Å²) in [5, 5.41) is 13.8. The van der Waals surface area contributed by atoms with Gasteiger partial charge in [-0.3, -0.25) is 19.5 Å². The molecule has 2 heterocycles. The van der Waals surface area contributed by atoms with Gasteiger partial charge in [-0.25, -0.2) is 4.98 Å². The first-order valence-corrected chi connectivity index (χ1v) is 18.4. The minimum atomic E-state index is -0.401. The summed E-state index contributed by atoms with van der Waals surface area (Å²) < 4.78 is 6.81. The molecule has 0 aliphatic heterocycles. The molecule has 0 spiro atoms. The number of hydrogen-bond donors (Lipinski definition) is 3. The molecule has 2 amide bonds. The zero-order valence-corrected chi connectivity index (χ0v) is 30.9. The minimum absolute atomic E-state index is 0.0310. The molecule has 0 aliphatic rings. The number of carbonyl (C=O) groups excluding carboxylic acids is 3. The van der Waals surface area contributed by atoms with E-state index >= 15 is 0 Å².